The van der Waals surface area contributed by atoms with Crippen LogP contribution in [0.15, 0.2) is 24.3 Å². The van der Waals surface area contributed by atoms with E-state index in [0.29, 0.717) is 25.9 Å². The molecule has 0 saturated carbocycles. The topological polar surface area (TPSA) is 58.2 Å². The van der Waals surface area contributed by atoms with E-state index in [0.717, 1.165) is 36.8 Å². The molecular weight excluding hydrogens is 540 g/mol. The van der Waals surface area contributed by atoms with E-state index in [-0.39, 0.29) is 11.8 Å². The molecule has 1 aromatic carbocycles. The summed E-state index contributed by atoms with van der Waals surface area (Å²) in [6.07, 6.45) is 35.5. The van der Waals surface area contributed by atoms with Gasteiger partial charge in [-0.25, -0.2) is 0 Å². The van der Waals surface area contributed by atoms with Crippen molar-refractivity contribution >= 4 is 11.8 Å². The lowest BCUT2D eigenvalue weighted by molar-refractivity contribution is -0.122. The average molecular weight is 613 g/mol. The molecule has 0 saturated heterocycles. The van der Waals surface area contributed by atoms with Gasteiger partial charge >= 0.3 is 0 Å². The van der Waals surface area contributed by atoms with Crippen molar-refractivity contribution in [2.45, 2.75) is 207 Å². The number of hydrogen-bond donors (Lipinski definition) is 2. The van der Waals surface area contributed by atoms with Crippen molar-refractivity contribution in [1.29, 1.82) is 0 Å². The van der Waals surface area contributed by atoms with Crippen molar-refractivity contribution in [3.63, 3.8) is 0 Å². The van der Waals surface area contributed by atoms with E-state index in [1.165, 1.54) is 141 Å². The van der Waals surface area contributed by atoms with Gasteiger partial charge < -0.3 is 10.6 Å². The normalized spacial score (nSPS) is 11.1. The van der Waals surface area contributed by atoms with Crippen molar-refractivity contribution in [3.8, 4) is 0 Å². The molecule has 1 aromatic rings. The average Bonchev–Trinajstić information content (AvgIpc) is 3.03. The lowest BCUT2D eigenvalue weighted by atomic mass is 10.0. The van der Waals surface area contributed by atoms with Crippen molar-refractivity contribution in [2.24, 2.45) is 0 Å². The molecule has 0 atom stereocenters. The Labute approximate surface area is 273 Å². The van der Waals surface area contributed by atoms with E-state index in [1.54, 1.807) is 0 Å². The number of rotatable bonds is 32. The van der Waals surface area contributed by atoms with Gasteiger partial charge in [-0.05, 0) is 24.0 Å². The first-order valence-corrected chi connectivity index (χ1v) is 19.3. The second-order valence-corrected chi connectivity index (χ2v) is 13.3. The fourth-order valence-corrected chi connectivity index (χ4v) is 6.07. The van der Waals surface area contributed by atoms with Gasteiger partial charge in [0.1, 0.15) is 0 Å². The molecule has 0 aromatic heterocycles. The molecule has 1 rings (SSSR count). The monoisotopic (exact) mass is 613 g/mol. The first-order chi connectivity index (χ1) is 21.7. The van der Waals surface area contributed by atoms with Gasteiger partial charge in [-0.2, -0.15) is 0 Å². The summed E-state index contributed by atoms with van der Waals surface area (Å²) in [6.45, 7) is 5.61. The number of carbonyl (C=O) groups is 2. The van der Waals surface area contributed by atoms with Gasteiger partial charge in [0.15, 0.2) is 0 Å². The standard InChI is InChI=1S/C40H72N2O2/c1-3-5-7-9-11-13-15-17-19-21-23-25-27-33-39(43)41-35-37-31-29-30-32-38(37)36-42-40(44)34-28-26-24-22-20-18-16-14-12-10-8-6-4-2/h29-32H,3-28,33-36H2,1-2H3,(H,41,43)(H,42,44). The van der Waals surface area contributed by atoms with Crippen LogP contribution >= 0.6 is 0 Å². The predicted octanol–water partition coefficient (Wildman–Crippen LogP) is 11.9. The van der Waals surface area contributed by atoms with Crippen LogP contribution in [-0.2, 0) is 22.7 Å². The quantitative estimate of drug-likeness (QED) is 0.0795. The fraction of sp³-hybridized carbons (Fsp3) is 0.800. The van der Waals surface area contributed by atoms with Gasteiger partial charge in [0.2, 0.25) is 11.8 Å². The summed E-state index contributed by atoms with van der Waals surface area (Å²) < 4.78 is 0. The summed E-state index contributed by atoms with van der Waals surface area (Å²) in [5.74, 6) is 0.267. The predicted molar refractivity (Wildman–Crippen MR) is 191 cm³/mol. The maximum atomic E-state index is 12.4. The first-order valence-electron chi connectivity index (χ1n) is 19.3. The zero-order valence-corrected chi connectivity index (χ0v) is 29.3. The zero-order chi connectivity index (χ0) is 31.8. The van der Waals surface area contributed by atoms with Gasteiger partial charge in [0, 0.05) is 25.9 Å². The minimum absolute atomic E-state index is 0.134. The number of unbranched alkanes of at least 4 members (excludes halogenated alkanes) is 24. The van der Waals surface area contributed by atoms with Gasteiger partial charge in [-0.15, -0.1) is 0 Å². The number of nitrogens with one attached hydrogen (secondary N) is 2. The highest BCUT2D eigenvalue weighted by atomic mass is 16.2. The number of carbonyl (C=O) groups excluding carboxylic acids is 2. The molecule has 0 radical (unpaired) electrons. The van der Waals surface area contributed by atoms with Crippen molar-refractivity contribution < 1.29 is 9.59 Å². The van der Waals surface area contributed by atoms with E-state index in [9.17, 15) is 9.59 Å². The maximum Gasteiger partial charge on any atom is 0.220 e. The van der Waals surface area contributed by atoms with Gasteiger partial charge in [-0.1, -0.05) is 192 Å². The largest absolute Gasteiger partial charge is 0.352 e. The smallest absolute Gasteiger partial charge is 0.220 e. The molecule has 0 spiro atoms. The van der Waals surface area contributed by atoms with Gasteiger partial charge in [0.05, 0.1) is 0 Å². The van der Waals surface area contributed by atoms with E-state index < -0.39 is 0 Å². The Morgan fingerprint density at radius 2 is 0.659 bits per heavy atom. The van der Waals surface area contributed by atoms with Crippen LogP contribution in [0.25, 0.3) is 0 Å². The summed E-state index contributed by atoms with van der Waals surface area (Å²) in [5, 5.41) is 6.20. The highest BCUT2D eigenvalue weighted by molar-refractivity contribution is 5.76. The maximum absolute atomic E-state index is 12.4. The Balaban J connectivity index is 2.02. The summed E-state index contributed by atoms with van der Waals surface area (Å²) >= 11 is 0. The number of benzene rings is 1. The number of hydrogen-bond acceptors (Lipinski definition) is 2. The molecule has 0 heterocycles. The minimum Gasteiger partial charge on any atom is -0.352 e. The molecule has 0 bridgehead atoms. The second kappa shape index (κ2) is 31.2. The molecule has 44 heavy (non-hydrogen) atoms. The van der Waals surface area contributed by atoms with Crippen molar-refractivity contribution in [2.75, 3.05) is 0 Å². The third-order valence-electron chi connectivity index (χ3n) is 9.09. The van der Waals surface area contributed by atoms with E-state index in [2.05, 4.69) is 36.6 Å². The van der Waals surface area contributed by atoms with Crippen LogP contribution in [0.2, 0.25) is 0 Å². The minimum atomic E-state index is 0.134. The van der Waals surface area contributed by atoms with Crippen LogP contribution in [0.1, 0.15) is 205 Å². The second-order valence-electron chi connectivity index (χ2n) is 13.3. The summed E-state index contributed by atoms with van der Waals surface area (Å²) in [5.41, 5.74) is 2.18. The van der Waals surface area contributed by atoms with Gasteiger partial charge in [0.25, 0.3) is 0 Å². The SMILES string of the molecule is CCCCCCCCCCCCCCCC(=O)NCc1ccccc1CNC(=O)CCCCCCCCCCCCCCC. The summed E-state index contributed by atoms with van der Waals surface area (Å²) in [7, 11) is 0. The molecule has 0 fully saturated rings. The van der Waals surface area contributed by atoms with E-state index in [4.69, 9.17) is 0 Å². The highest BCUT2D eigenvalue weighted by Gasteiger charge is 2.07. The molecule has 4 heteroatoms. The van der Waals surface area contributed by atoms with Crippen LogP contribution in [0.3, 0.4) is 0 Å². The fourth-order valence-electron chi connectivity index (χ4n) is 6.07. The third-order valence-corrected chi connectivity index (χ3v) is 9.09. The molecule has 0 aliphatic rings. The van der Waals surface area contributed by atoms with E-state index in [1.807, 2.05) is 12.1 Å². The zero-order valence-electron chi connectivity index (χ0n) is 29.3. The van der Waals surface area contributed by atoms with Gasteiger partial charge in [-0.3, -0.25) is 9.59 Å². The van der Waals surface area contributed by atoms with Crippen molar-refractivity contribution in [3.05, 3.63) is 35.4 Å². The molecule has 4 nitrogen and oxygen atoms in total. The molecule has 0 aliphatic carbocycles. The molecule has 2 amide bonds. The molecule has 0 aliphatic heterocycles. The Kier molecular flexibility index (Phi) is 28.5. The Morgan fingerprint density at radius 3 is 0.932 bits per heavy atom. The Morgan fingerprint density at radius 1 is 0.409 bits per heavy atom. The summed E-state index contributed by atoms with van der Waals surface area (Å²) in [4.78, 5) is 24.8. The summed E-state index contributed by atoms with van der Waals surface area (Å²) in [6, 6.07) is 8.12. The first kappa shape index (κ1) is 40.2. The Hall–Kier alpha value is -1.84. The lowest BCUT2D eigenvalue weighted by Crippen LogP contribution is -2.25. The van der Waals surface area contributed by atoms with Crippen LogP contribution in [0, 0.1) is 0 Å². The highest BCUT2D eigenvalue weighted by Crippen LogP contribution is 2.15. The van der Waals surface area contributed by atoms with Crippen LogP contribution in [-0.4, -0.2) is 11.8 Å². The van der Waals surface area contributed by atoms with Crippen LogP contribution in [0.5, 0.6) is 0 Å². The third kappa shape index (κ3) is 25.5. The lowest BCUT2D eigenvalue weighted by Gasteiger charge is -2.12. The Bertz CT molecular complexity index is 728. The molecule has 0 unspecified atom stereocenters. The molecule has 254 valence electrons. The molecule has 2 N–H and O–H groups in total. The van der Waals surface area contributed by atoms with E-state index >= 15 is 0 Å². The number of amides is 2. The molecular formula is C40H72N2O2. The van der Waals surface area contributed by atoms with Crippen LogP contribution in [0.4, 0.5) is 0 Å². The van der Waals surface area contributed by atoms with Crippen LogP contribution < -0.4 is 10.6 Å². The van der Waals surface area contributed by atoms with Crippen molar-refractivity contribution in [1.82, 2.24) is 10.6 Å².